The van der Waals surface area contributed by atoms with E-state index in [0.717, 1.165) is 56.6 Å². The third kappa shape index (κ3) is 4.69. The Morgan fingerprint density at radius 1 is 1.03 bits per heavy atom. The van der Waals surface area contributed by atoms with Gasteiger partial charge in [0.2, 0.25) is 0 Å². The number of halogens is 2. The number of likely N-dealkylation sites (tertiary alicyclic amines) is 1. The predicted octanol–water partition coefficient (Wildman–Crippen LogP) is 2.85. The molecular formula is C23H26F2N4O2. The van der Waals surface area contributed by atoms with Crippen molar-refractivity contribution in [3.05, 3.63) is 59.2 Å². The van der Waals surface area contributed by atoms with Crippen LogP contribution in [-0.2, 0) is 16.0 Å². The maximum atomic E-state index is 13.8. The van der Waals surface area contributed by atoms with Crippen molar-refractivity contribution in [1.82, 2.24) is 10.2 Å². The van der Waals surface area contributed by atoms with Crippen molar-refractivity contribution in [2.24, 2.45) is 0 Å². The molecule has 2 aromatic rings. The van der Waals surface area contributed by atoms with Crippen LogP contribution in [0, 0.1) is 11.6 Å². The Labute approximate surface area is 180 Å². The summed E-state index contributed by atoms with van der Waals surface area (Å²) in [6, 6.07) is 9.12. The van der Waals surface area contributed by atoms with Crippen LogP contribution in [0.2, 0.25) is 0 Å². The Bertz CT molecular complexity index is 992. The number of amides is 2. The molecule has 31 heavy (non-hydrogen) atoms. The van der Waals surface area contributed by atoms with Crippen LogP contribution in [0.25, 0.3) is 0 Å². The molecule has 1 unspecified atom stereocenters. The van der Waals surface area contributed by atoms with Crippen molar-refractivity contribution < 1.29 is 18.4 Å². The molecule has 6 nitrogen and oxygen atoms in total. The average molecular weight is 428 g/mol. The number of benzene rings is 2. The normalized spacial score (nSPS) is 16.8. The quantitative estimate of drug-likeness (QED) is 0.719. The minimum atomic E-state index is -0.985. The van der Waals surface area contributed by atoms with Gasteiger partial charge in [-0.05, 0) is 61.7 Å². The van der Waals surface area contributed by atoms with Crippen LogP contribution in [0.3, 0.4) is 0 Å². The van der Waals surface area contributed by atoms with Gasteiger partial charge in [0.25, 0.3) is 0 Å². The fraction of sp³-hybridized carbons (Fsp3) is 0.391. The number of fused-ring (bicyclic) bond motifs is 1. The minimum Gasteiger partial charge on any atom is -0.374 e. The number of anilines is 2. The van der Waals surface area contributed by atoms with Crippen molar-refractivity contribution in [2.45, 2.75) is 25.3 Å². The molecule has 0 bridgehead atoms. The second-order valence-electron chi connectivity index (χ2n) is 8.11. The highest BCUT2D eigenvalue weighted by atomic mass is 19.1. The highest BCUT2D eigenvalue weighted by Crippen LogP contribution is 2.32. The maximum absolute atomic E-state index is 13.8. The van der Waals surface area contributed by atoms with E-state index in [0.29, 0.717) is 6.07 Å². The van der Waals surface area contributed by atoms with E-state index in [9.17, 15) is 18.4 Å². The number of nitrogens with one attached hydrogen (secondary N) is 2. The van der Waals surface area contributed by atoms with Gasteiger partial charge in [-0.25, -0.2) is 8.78 Å². The van der Waals surface area contributed by atoms with Gasteiger partial charge < -0.3 is 15.5 Å². The summed E-state index contributed by atoms with van der Waals surface area (Å²) >= 11 is 0. The first-order valence-electron chi connectivity index (χ1n) is 10.5. The van der Waals surface area contributed by atoms with Gasteiger partial charge in [-0.3, -0.25) is 14.5 Å². The predicted molar refractivity (Wildman–Crippen MR) is 115 cm³/mol. The van der Waals surface area contributed by atoms with Crippen molar-refractivity contribution >= 4 is 23.2 Å². The van der Waals surface area contributed by atoms with E-state index in [2.05, 4.69) is 45.7 Å². The molecule has 2 aliphatic heterocycles. The Balaban J connectivity index is 1.44. The van der Waals surface area contributed by atoms with Crippen LogP contribution in [0.1, 0.15) is 30.0 Å². The van der Waals surface area contributed by atoms with Crippen LogP contribution in [-0.4, -0.2) is 49.9 Å². The third-order valence-electron chi connectivity index (χ3n) is 6.04. The van der Waals surface area contributed by atoms with Gasteiger partial charge >= 0.3 is 11.8 Å². The molecule has 0 radical (unpaired) electrons. The summed E-state index contributed by atoms with van der Waals surface area (Å²) in [7, 11) is 2.08. The molecule has 164 valence electrons. The molecule has 4 rings (SSSR count). The van der Waals surface area contributed by atoms with Crippen LogP contribution in [0.5, 0.6) is 0 Å². The molecule has 1 saturated heterocycles. The van der Waals surface area contributed by atoms with Crippen molar-refractivity contribution in [1.29, 1.82) is 0 Å². The summed E-state index contributed by atoms with van der Waals surface area (Å²) in [5.41, 5.74) is 3.40. The molecule has 2 aromatic carbocycles. The highest BCUT2D eigenvalue weighted by Gasteiger charge is 2.27. The van der Waals surface area contributed by atoms with E-state index in [1.54, 1.807) is 0 Å². The third-order valence-corrected chi connectivity index (χ3v) is 6.04. The van der Waals surface area contributed by atoms with Crippen molar-refractivity contribution in [2.75, 3.05) is 43.4 Å². The Kier molecular flexibility index (Phi) is 6.18. The molecule has 0 aromatic heterocycles. The first kappa shape index (κ1) is 21.2. The lowest BCUT2D eigenvalue weighted by Crippen LogP contribution is -2.41. The molecule has 1 fully saturated rings. The SMILES string of the molecule is CN1CCc2cc(C(CNC(=O)C(=O)Nc3ccc(F)cc3F)N3CCCC3)ccc21. The van der Waals surface area contributed by atoms with Crippen LogP contribution < -0.4 is 15.5 Å². The average Bonchev–Trinajstić information content (AvgIpc) is 3.40. The van der Waals surface area contributed by atoms with Gasteiger partial charge in [0.15, 0.2) is 0 Å². The number of carbonyl (C=O) groups is 2. The zero-order valence-corrected chi connectivity index (χ0v) is 17.5. The standard InChI is InChI=1S/C23H26F2N4O2/c1-28-11-8-16-12-15(4-7-20(16)28)21(29-9-2-3-10-29)14-26-22(30)23(31)27-19-6-5-17(24)13-18(19)25/h4-7,12-13,21H,2-3,8-11,14H2,1H3,(H,26,30)(H,27,31). The van der Waals surface area contributed by atoms with E-state index in [-0.39, 0.29) is 18.3 Å². The lowest BCUT2D eigenvalue weighted by Gasteiger charge is -2.28. The van der Waals surface area contributed by atoms with Crippen molar-refractivity contribution in [3.8, 4) is 0 Å². The summed E-state index contributed by atoms with van der Waals surface area (Å²) in [5, 5.41) is 4.88. The first-order valence-corrected chi connectivity index (χ1v) is 10.5. The molecule has 2 heterocycles. The maximum Gasteiger partial charge on any atom is 0.313 e. The topological polar surface area (TPSA) is 64.7 Å². The largest absolute Gasteiger partial charge is 0.374 e. The monoisotopic (exact) mass is 428 g/mol. The fourth-order valence-corrected chi connectivity index (χ4v) is 4.34. The zero-order chi connectivity index (χ0) is 22.0. The molecule has 2 N–H and O–H groups in total. The summed E-state index contributed by atoms with van der Waals surface area (Å²) in [6.45, 7) is 3.13. The van der Waals surface area contributed by atoms with E-state index >= 15 is 0 Å². The van der Waals surface area contributed by atoms with Gasteiger partial charge in [-0.15, -0.1) is 0 Å². The van der Waals surface area contributed by atoms with E-state index in [4.69, 9.17) is 0 Å². The fourth-order valence-electron chi connectivity index (χ4n) is 4.34. The van der Waals surface area contributed by atoms with Gasteiger partial charge in [0, 0.05) is 31.9 Å². The summed E-state index contributed by atoms with van der Waals surface area (Å²) < 4.78 is 26.8. The van der Waals surface area contributed by atoms with Crippen molar-refractivity contribution in [3.63, 3.8) is 0 Å². The van der Waals surface area contributed by atoms with Gasteiger partial charge in [0.1, 0.15) is 11.6 Å². The van der Waals surface area contributed by atoms with Crippen LogP contribution in [0.4, 0.5) is 20.2 Å². The molecule has 2 amide bonds. The summed E-state index contributed by atoms with van der Waals surface area (Å²) in [5.74, 6) is -3.52. The first-order chi connectivity index (χ1) is 14.9. The molecule has 0 spiro atoms. The number of hydrogen-bond donors (Lipinski definition) is 2. The number of nitrogens with zero attached hydrogens (tertiary/aromatic N) is 2. The van der Waals surface area contributed by atoms with Crippen LogP contribution >= 0.6 is 0 Å². The molecule has 2 aliphatic rings. The number of carbonyl (C=O) groups excluding carboxylic acids is 2. The Morgan fingerprint density at radius 3 is 2.55 bits per heavy atom. The number of rotatable bonds is 5. The molecular weight excluding hydrogens is 402 g/mol. The second kappa shape index (κ2) is 9.01. The van der Waals surface area contributed by atoms with E-state index in [1.807, 2.05) is 0 Å². The van der Waals surface area contributed by atoms with Gasteiger partial charge in [-0.1, -0.05) is 12.1 Å². The zero-order valence-electron chi connectivity index (χ0n) is 17.5. The number of hydrogen-bond acceptors (Lipinski definition) is 4. The lowest BCUT2D eigenvalue weighted by molar-refractivity contribution is -0.136. The second-order valence-corrected chi connectivity index (χ2v) is 8.11. The van der Waals surface area contributed by atoms with Crippen LogP contribution in [0.15, 0.2) is 36.4 Å². The van der Waals surface area contributed by atoms with E-state index in [1.165, 1.54) is 11.3 Å². The van der Waals surface area contributed by atoms with Gasteiger partial charge in [0.05, 0.1) is 11.7 Å². The highest BCUT2D eigenvalue weighted by molar-refractivity contribution is 6.39. The molecule has 1 atom stereocenters. The summed E-state index contributed by atoms with van der Waals surface area (Å²) in [4.78, 5) is 29.1. The lowest BCUT2D eigenvalue weighted by atomic mass is 10.0. The number of likely N-dealkylation sites (N-methyl/N-ethyl adjacent to an activating group) is 1. The van der Waals surface area contributed by atoms with Gasteiger partial charge in [-0.2, -0.15) is 0 Å². The smallest absolute Gasteiger partial charge is 0.313 e. The summed E-state index contributed by atoms with van der Waals surface area (Å²) in [6.07, 6.45) is 3.19. The Hall–Kier alpha value is -3.00. The molecule has 0 aliphatic carbocycles. The molecule has 0 saturated carbocycles. The molecule has 8 heteroatoms. The van der Waals surface area contributed by atoms with E-state index < -0.39 is 23.4 Å². The minimum absolute atomic E-state index is 0.0435. The Morgan fingerprint density at radius 2 is 1.81 bits per heavy atom.